The van der Waals surface area contributed by atoms with Gasteiger partial charge in [-0.3, -0.25) is 9.89 Å². The van der Waals surface area contributed by atoms with Gasteiger partial charge in [-0.25, -0.2) is 13.8 Å². The fraction of sp³-hybridized carbons (Fsp3) is 0. The number of halogens is 2. The molecule has 0 aliphatic heterocycles. The van der Waals surface area contributed by atoms with E-state index in [0.29, 0.717) is 22.3 Å². The second-order valence-electron chi connectivity index (χ2n) is 5.45. The summed E-state index contributed by atoms with van der Waals surface area (Å²) >= 11 is 0. The largest absolute Gasteiger partial charge is 0.396 e. The minimum atomic E-state index is -1.07. The first kappa shape index (κ1) is 15.0. The maximum Gasteiger partial charge on any atom is 0.201 e. The minimum Gasteiger partial charge on any atom is -0.396 e. The fourth-order valence-electron chi connectivity index (χ4n) is 2.67. The third-order valence-corrected chi connectivity index (χ3v) is 3.94. The number of ketones is 1. The molecule has 3 heterocycles. The van der Waals surface area contributed by atoms with Crippen LogP contribution in [0.3, 0.4) is 0 Å². The number of fused-ring (bicyclic) bond motifs is 1. The number of rotatable bonds is 3. The van der Waals surface area contributed by atoms with Crippen molar-refractivity contribution in [3.05, 3.63) is 65.6 Å². The van der Waals surface area contributed by atoms with E-state index in [0.717, 1.165) is 12.1 Å². The summed E-state index contributed by atoms with van der Waals surface area (Å²) in [5.74, 6) is -2.85. The molecule has 8 heteroatoms. The van der Waals surface area contributed by atoms with Gasteiger partial charge in [-0.15, -0.1) is 0 Å². The van der Waals surface area contributed by atoms with Gasteiger partial charge >= 0.3 is 0 Å². The zero-order valence-electron chi connectivity index (χ0n) is 12.7. The van der Waals surface area contributed by atoms with Gasteiger partial charge in [0.05, 0.1) is 16.9 Å². The van der Waals surface area contributed by atoms with E-state index in [2.05, 4.69) is 20.2 Å². The second kappa shape index (κ2) is 5.52. The van der Waals surface area contributed by atoms with Crippen LogP contribution in [0.1, 0.15) is 15.9 Å². The summed E-state index contributed by atoms with van der Waals surface area (Å²) in [7, 11) is 0. The highest BCUT2D eigenvalue weighted by molar-refractivity contribution is 6.16. The van der Waals surface area contributed by atoms with E-state index in [4.69, 9.17) is 5.73 Å². The summed E-state index contributed by atoms with van der Waals surface area (Å²) in [4.78, 5) is 19.8. The molecule has 0 atom stereocenters. The summed E-state index contributed by atoms with van der Waals surface area (Å²) in [5, 5.41) is 7.10. The molecule has 6 nitrogen and oxygen atoms in total. The Morgan fingerprint density at radius 3 is 2.80 bits per heavy atom. The van der Waals surface area contributed by atoms with E-state index in [1.807, 2.05) is 0 Å². The van der Waals surface area contributed by atoms with Crippen molar-refractivity contribution in [3.63, 3.8) is 0 Å². The molecule has 0 spiro atoms. The standard InChI is InChI=1S/C17H11F2N5O/c18-11-1-2-12(20)15(19)14(11)16(25)10-7-22-17-9(10)5-8(6-21-17)13-3-4-23-24-13/h1-7H,20H2,(H,21,22)(H,23,24). The maximum absolute atomic E-state index is 14.2. The van der Waals surface area contributed by atoms with Crippen molar-refractivity contribution < 1.29 is 13.6 Å². The fourth-order valence-corrected chi connectivity index (χ4v) is 2.67. The molecule has 0 radical (unpaired) electrons. The van der Waals surface area contributed by atoms with Gasteiger partial charge in [0, 0.05) is 35.1 Å². The van der Waals surface area contributed by atoms with Gasteiger partial charge in [0.2, 0.25) is 5.78 Å². The van der Waals surface area contributed by atoms with Crippen molar-refractivity contribution in [1.82, 2.24) is 20.2 Å². The lowest BCUT2D eigenvalue weighted by molar-refractivity contribution is 0.103. The predicted octanol–water partition coefficient (Wildman–Crippen LogP) is 3.04. The number of nitrogen functional groups attached to an aromatic ring is 1. The van der Waals surface area contributed by atoms with Crippen LogP contribution in [0.15, 0.2) is 42.9 Å². The van der Waals surface area contributed by atoms with E-state index in [1.54, 1.807) is 24.5 Å². The van der Waals surface area contributed by atoms with Gasteiger partial charge in [-0.1, -0.05) is 0 Å². The predicted molar refractivity (Wildman–Crippen MR) is 87.9 cm³/mol. The van der Waals surface area contributed by atoms with Crippen molar-refractivity contribution in [2.24, 2.45) is 0 Å². The molecule has 25 heavy (non-hydrogen) atoms. The van der Waals surface area contributed by atoms with E-state index in [-0.39, 0.29) is 11.3 Å². The van der Waals surface area contributed by atoms with Crippen molar-refractivity contribution in [2.75, 3.05) is 5.73 Å². The summed E-state index contributed by atoms with van der Waals surface area (Å²) in [6, 6.07) is 5.49. The molecule has 0 fully saturated rings. The monoisotopic (exact) mass is 339 g/mol. The maximum atomic E-state index is 14.2. The number of hydrogen-bond acceptors (Lipinski definition) is 4. The molecule has 0 bridgehead atoms. The molecule has 0 aliphatic rings. The highest BCUT2D eigenvalue weighted by Gasteiger charge is 2.23. The van der Waals surface area contributed by atoms with Crippen LogP contribution in [-0.4, -0.2) is 25.9 Å². The Morgan fingerprint density at radius 1 is 1.20 bits per heavy atom. The Bertz CT molecular complexity index is 1100. The Hall–Kier alpha value is -3.55. The van der Waals surface area contributed by atoms with E-state index in [1.165, 1.54) is 6.20 Å². The number of hydrogen-bond donors (Lipinski definition) is 3. The van der Waals surface area contributed by atoms with Crippen LogP contribution in [0, 0.1) is 11.6 Å². The number of benzene rings is 1. The number of carbonyl (C=O) groups excluding carboxylic acids is 1. The summed E-state index contributed by atoms with van der Waals surface area (Å²) in [6.45, 7) is 0. The first-order valence-corrected chi connectivity index (χ1v) is 7.31. The van der Waals surface area contributed by atoms with Crippen molar-refractivity contribution in [2.45, 2.75) is 0 Å². The van der Waals surface area contributed by atoms with Crippen molar-refractivity contribution >= 4 is 22.5 Å². The molecule has 0 amide bonds. The third kappa shape index (κ3) is 2.35. The molecule has 4 N–H and O–H groups in total. The average Bonchev–Trinajstić information content (AvgIpc) is 3.27. The molecule has 0 aliphatic carbocycles. The van der Waals surface area contributed by atoms with Gasteiger partial charge in [0.15, 0.2) is 5.82 Å². The lowest BCUT2D eigenvalue weighted by Gasteiger charge is -2.06. The highest BCUT2D eigenvalue weighted by atomic mass is 19.1. The summed E-state index contributed by atoms with van der Waals surface area (Å²) in [6.07, 6.45) is 4.56. The van der Waals surface area contributed by atoms with Gasteiger partial charge in [-0.05, 0) is 24.3 Å². The molecule has 0 saturated carbocycles. The van der Waals surface area contributed by atoms with Crippen LogP contribution in [-0.2, 0) is 0 Å². The van der Waals surface area contributed by atoms with Crippen LogP contribution in [0.4, 0.5) is 14.5 Å². The minimum absolute atomic E-state index is 0.104. The molecule has 1 aromatic carbocycles. The van der Waals surface area contributed by atoms with Gasteiger partial charge in [0.25, 0.3) is 0 Å². The van der Waals surface area contributed by atoms with Gasteiger partial charge < -0.3 is 10.7 Å². The topological polar surface area (TPSA) is 100 Å². The SMILES string of the molecule is Nc1ccc(F)c(C(=O)c2c[nH]c3ncc(-c4ccn[nH]4)cc23)c1F. The van der Waals surface area contributed by atoms with E-state index >= 15 is 0 Å². The number of aromatic nitrogens is 4. The number of aromatic amines is 2. The normalized spacial score (nSPS) is 11.1. The van der Waals surface area contributed by atoms with Crippen LogP contribution in [0.25, 0.3) is 22.3 Å². The number of carbonyl (C=O) groups is 1. The van der Waals surface area contributed by atoms with Crippen molar-refractivity contribution in [1.29, 1.82) is 0 Å². The Labute approximate surface area is 139 Å². The molecular formula is C17H11F2N5O. The molecule has 0 unspecified atom stereocenters. The number of nitrogens with zero attached hydrogens (tertiary/aromatic N) is 2. The van der Waals surface area contributed by atoms with Crippen molar-refractivity contribution in [3.8, 4) is 11.3 Å². The highest BCUT2D eigenvalue weighted by Crippen LogP contribution is 2.27. The van der Waals surface area contributed by atoms with Gasteiger partial charge in [0.1, 0.15) is 11.5 Å². The van der Waals surface area contributed by atoms with Crippen LogP contribution < -0.4 is 5.73 Å². The molecule has 124 valence electrons. The summed E-state index contributed by atoms with van der Waals surface area (Å²) < 4.78 is 28.2. The number of nitrogens with one attached hydrogen (secondary N) is 2. The smallest absolute Gasteiger partial charge is 0.201 e. The lowest BCUT2D eigenvalue weighted by Crippen LogP contribution is -2.09. The zero-order chi connectivity index (χ0) is 17.6. The third-order valence-electron chi connectivity index (χ3n) is 3.94. The van der Waals surface area contributed by atoms with Crippen LogP contribution in [0.2, 0.25) is 0 Å². The van der Waals surface area contributed by atoms with Gasteiger partial charge in [-0.2, -0.15) is 5.10 Å². The Morgan fingerprint density at radius 2 is 2.04 bits per heavy atom. The molecule has 3 aromatic heterocycles. The van der Waals surface area contributed by atoms with Crippen LogP contribution >= 0.6 is 0 Å². The van der Waals surface area contributed by atoms with E-state index < -0.39 is 23.0 Å². The molecule has 4 aromatic rings. The number of nitrogens with two attached hydrogens (primary N) is 1. The zero-order valence-corrected chi connectivity index (χ0v) is 12.7. The Kier molecular flexibility index (Phi) is 3.31. The average molecular weight is 339 g/mol. The summed E-state index contributed by atoms with van der Waals surface area (Å²) in [5.41, 5.74) is 6.40. The number of pyridine rings is 1. The lowest BCUT2D eigenvalue weighted by atomic mass is 10.0. The van der Waals surface area contributed by atoms with E-state index in [9.17, 15) is 13.6 Å². The Balaban J connectivity index is 1.89. The second-order valence-corrected chi connectivity index (χ2v) is 5.45. The number of H-pyrrole nitrogens is 2. The number of anilines is 1. The van der Waals surface area contributed by atoms with Crippen LogP contribution in [0.5, 0.6) is 0 Å². The molecule has 0 saturated heterocycles. The molecule has 4 rings (SSSR count). The first-order chi connectivity index (χ1) is 12.1. The quantitative estimate of drug-likeness (QED) is 0.394. The molecular weight excluding hydrogens is 328 g/mol. The first-order valence-electron chi connectivity index (χ1n) is 7.31.